The number of carbonyl (C=O) groups is 3. The lowest BCUT2D eigenvalue weighted by Gasteiger charge is -2.23. The minimum Gasteiger partial charge on any atom is -0.369 e. The molecule has 0 spiro atoms. The van der Waals surface area contributed by atoms with Crippen LogP contribution >= 0.6 is 11.3 Å². The van der Waals surface area contributed by atoms with Crippen molar-refractivity contribution in [1.82, 2.24) is 24.2 Å². The Hall–Kier alpha value is -4.19. The molecular weight excluding hydrogens is 667 g/mol. The third kappa shape index (κ3) is 10.4. The maximum absolute atomic E-state index is 13.2. The number of carbonyl (C=O) groups excluding carboxylic acids is 3. The number of aliphatic imine (C=N–C) groups is 1. The summed E-state index contributed by atoms with van der Waals surface area (Å²) in [5, 5.41) is 4.50. The molecule has 1 atom stereocenters. The zero-order chi connectivity index (χ0) is 34.0. The van der Waals surface area contributed by atoms with Gasteiger partial charge in [-0.1, -0.05) is 48.0 Å². The normalized spacial score (nSPS) is 15.6. The van der Waals surface area contributed by atoms with Crippen molar-refractivity contribution in [3.8, 4) is 0 Å². The van der Waals surface area contributed by atoms with Crippen molar-refractivity contribution >= 4 is 54.9 Å². The Kier molecular flexibility index (Phi) is 12.2. The summed E-state index contributed by atoms with van der Waals surface area (Å²) in [7, 11) is -7.62. The fraction of sp³-hybridized carbons (Fsp3) is 0.367. The molecule has 2 amide bonds. The Morgan fingerprint density at radius 3 is 2.45 bits per heavy atom. The minimum absolute atomic E-state index is 0.00209. The van der Waals surface area contributed by atoms with Crippen LogP contribution in [0.2, 0.25) is 0 Å². The van der Waals surface area contributed by atoms with E-state index in [0.717, 1.165) is 16.9 Å². The van der Waals surface area contributed by atoms with Crippen LogP contribution in [0.15, 0.2) is 76.1 Å². The van der Waals surface area contributed by atoms with Crippen LogP contribution in [0.25, 0.3) is 0 Å². The van der Waals surface area contributed by atoms with Gasteiger partial charge in [0.1, 0.15) is 0 Å². The predicted octanol–water partition coefficient (Wildman–Crippen LogP) is 1.26. The highest BCUT2D eigenvalue weighted by Gasteiger charge is 2.31. The standard InChI is InChI=1S/C30H37N7O7S3/c1-22-9-11-24(12-10-22)47(43,44)35-30(31)33-14-5-8-25(28(40)29-32-15-19-45-29)34-26(38)20-36-17-18-37(16-13-27(36)39)46(41,42)21-23-6-3-2-4-7-23/h2-4,6-7,9-12,15,19,25H,5,8,13-14,16-18,20-21H2,1H3,(H,34,38)(H3,31,33,35)/t25-/m0/s1. The minimum atomic E-state index is -3.93. The Balaban J connectivity index is 1.33. The van der Waals surface area contributed by atoms with E-state index in [2.05, 4.69) is 20.0 Å². The van der Waals surface area contributed by atoms with Crippen molar-refractivity contribution in [1.29, 1.82) is 0 Å². The summed E-state index contributed by atoms with van der Waals surface area (Å²) < 4.78 is 54.6. The largest absolute Gasteiger partial charge is 0.369 e. The van der Waals surface area contributed by atoms with Gasteiger partial charge in [0.25, 0.3) is 10.0 Å². The number of nitrogens with one attached hydrogen (secondary N) is 2. The predicted molar refractivity (Wildman–Crippen MR) is 177 cm³/mol. The Bertz CT molecular complexity index is 1780. The number of sulfonamides is 2. The number of guanidine groups is 1. The first kappa shape index (κ1) is 35.7. The SMILES string of the molecule is Cc1ccc(S(=O)(=O)NC(N)=NCCC[C@H](NC(=O)CN2CCN(S(=O)(=O)Cc3ccccc3)CCC2=O)C(=O)c2nccs2)cc1. The highest BCUT2D eigenvalue weighted by Crippen LogP contribution is 2.16. The zero-order valence-corrected chi connectivity index (χ0v) is 28.2. The smallest absolute Gasteiger partial charge is 0.264 e. The molecule has 2 heterocycles. The molecule has 4 N–H and O–H groups in total. The van der Waals surface area contributed by atoms with E-state index in [1.807, 2.05) is 6.92 Å². The van der Waals surface area contributed by atoms with Gasteiger partial charge in [-0.15, -0.1) is 11.3 Å². The quantitative estimate of drug-likeness (QED) is 0.0957. The summed E-state index contributed by atoms with van der Waals surface area (Å²) in [5.41, 5.74) is 7.33. The van der Waals surface area contributed by atoms with Crippen LogP contribution in [-0.4, -0.2) is 93.3 Å². The second-order valence-electron chi connectivity index (χ2n) is 10.9. The maximum atomic E-state index is 13.2. The van der Waals surface area contributed by atoms with Crippen LogP contribution < -0.4 is 15.8 Å². The van der Waals surface area contributed by atoms with Crippen molar-refractivity contribution in [3.63, 3.8) is 0 Å². The number of thiazole rings is 1. The summed E-state index contributed by atoms with van der Waals surface area (Å²) in [4.78, 5) is 48.5. The van der Waals surface area contributed by atoms with E-state index in [1.54, 1.807) is 47.8 Å². The molecule has 0 unspecified atom stereocenters. The average molecular weight is 704 g/mol. The molecule has 1 aliphatic heterocycles. The molecule has 1 aromatic heterocycles. The molecular formula is C30H37N7O7S3. The lowest BCUT2D eigenvalue weighted by Crippen LogP contribution is -2.47. The molecule has 1 aliphatic rings. The van der Waals surface area contributed by atoms with Crippen LogP contribution in [-0.2, 0) is 35.4 Å². The van der Waals surface area contributed by atoms with E-state index in [4.69, 9.17) is 5.73 Å². The van der Waals surface area contributed by atoms with E-state index < -0.39 is 37.8 Å². The molecule has 0 saturated carbocycles. The number of aryl methyl sites for hydroxylation is 1. The van der Waals surface area contributed by atoms with Crippen LogP contribution in [0.1, 0.15) is 40.2 Å². The van der Waals surface area contributed by atoms with E-state index in [1.165, 1.54) is 27.5 Å². The molecule has 0 radical (unpaired) electrons. The van der Waals surface area contributed by atoms with Gasteiger partial charge in [-0.2, -0.15) is 4.31 Å². The van der Waals surface area contributed by atoms with Gasteiger partial charge in [0.15, 0.2) is 5.01 Å². The average Bonchev–Trinajstić information content (AvgIpc) is 3.50. The number of nitrogens with two attached hydrogens (primary N) is 1. The van der Waals surface area contributed by atoms with Gasteiger partial charge >= 0.3 is 0 Å². The molecule has 3 aromatic rings. The van der Waals surface area contributed by atoms with Gasteiger partial charge in [-0.05, 0) is 37.5 Å². The Morgan fingerprint density at radius 1 is 1.04 bits per heavy atom. The lowest BCUT2D eigenvalue weighted by molar-refractivity contribution is -0.135. The van der Waals surface area contributed by atoms with E-state index in [-0.39, 0.29) is 79.5 Å². The number of ketones is 1. The number of aromatic nitrogens is 1. The topological polar surface area (TPSA) is 201 Å². The summed E-state index contributed by atoms with van der Waals surface area (Å²) in [6.07, 6.45) is 1.77. The highest BCUT2D eigenvalue weighted by atomic mass is 32.2. The molecule has 14 nitrogen and oxygen atoms in total. The number of hydrogen-bond acceptors (Lipinski definition) is 10. The third-order valence-corrected chi connectivity index (χ3v) is 11.3. The van der Waals surface area contributed by atoms with Crippen molar-refractivity contribution in [2.75, 3.05) is 32.7 Å². The molecule has 1 fully saturated rings. The number of benzene rings is 2. The van der Waals surface area contributed by atoms with Crippen molar-refractivity contribution in [2.45, 2.75) is 42.9 Å². The monoisotopic (exact) mass is 703 g/mol. The molecule has 0 aliphatic carbocycles. The summed E-state index contributed by atoms with van der Waals surface area (Å²) in [6.45, 7) is 1.57. The van der Waals surface area contributed by atoms with E-state index >= 15 is 0 Å². The first-order valence-corrected chi connectivity index (χ1v) is 18.7. The Labute approximate surface area is 278 Å². The fourth-order valence-corrected chi connectivity index (χ4v) is 7.89. The van der Waals surface area contributed by atoms with Crippen molar-refractivity contribution < 1.29 is 31.2 Å². The first-order valence-electron chi connectivity index (χ1n) is 14.8. The van der Waals surface area contributed by atoms with Crippen LogP contribution in [0.5, 0.6) is 0 Å². The van der Waals surface area contributed by atoms with Gasteiger partial charge in [0.05, 0.1) is 23.2 Å². The number of amides is 2. The summed E-state index contributed by atoms with van der Waals surface area (Å²) in [5.74, 6) is -1.92. The van der Waals surface area contributed by atoms with Gasteiger partial charge in [-0.3, -0.25) is 19.4 Å². The van der Waals surface area contributed by atoms with Crippen LogP contribution in [0, 0.1) is 6.92 Å². The second kappa shape index (κ2) is 16.1. The third-order valence-electron chi connectivity index (χ3n) is 7.26. The molecule has 1 saturated heterocycles. The molecule has 17 heteroatoms. The van der Waals surface area contributed by atoms with Crippen molar-refractivity contribution in [3.05, 3.63) is 82.3 Å². The molecule has 47 heavy (non-hydrogen) atoms. The van der Waals surface area contributed by atoms with E-state index in [0.29, 0.717) is 5.56 Å². The molecule has 4 rings (SSSR count). The number of Topliss-reactive ketones (excluding diaryl/α,β-unsaturated/α-hetero) is 1. The highest BCUT2D eigenvalue weighted by molar-refractivity contribution is 7.90. The number of hydrogen-bond donors (Lipinski definition) is 3. The van der Waals surface area contributed by atoms with Gasteiger partial charge in [0.2, 0.25) is 33.6 Å². The molecule has 0 bridgehead atoms. The molecule has 252 valence electrons. The molecule has 2 aromatic carbocycles. The Morgan fingerprint density at radius 2 is 1.77 bits per heavy atom. The van der Waals surface area contributed by atoms with Crippen LogP contribution in [0.4, 0.5) is 0 Å². The summed E-state index contributed by atoms with van der Waals surface area (Å²) >= 11 is 1.11. The van der Waals surface area contributed by atoms with Gasteiger partial charge in [0, 0.05) is 44.2 Å². The zero-order valence-electron chi connectivity index (χ0n) is 25.7. The summed E-state index contributed by atoms with van der Waals surface area (Å²) in [6, 6.07) is 14.0. The number of rotatable bonds is 14. The number of nitrogens with zero attached hydrogens (tertiary/aromatic N) is 4. The lowest BCUT2D eigenvalue weighted by atomic mass is 10.1. The van der Waals surface area contributed by atoms with Gasteiger partial charge in [-0.25, -0.2) is 26.5 Å². The maximum Gasteiger partial charge on any atom is 0.264 e. The van der Waals surface area contributed by atoms with Gasteiger partial charge < -0.3 is 16.0 Å². The van der Waals surface area contributed by atoms with Crippen LogP contribution in [0.3, 0.4) is 0 Å². The second-order valence-corrected chi connectivity index (χ2v) is 15.4. The van der Waals surface area contributed by atoms with E-state index in [9.17, 15) is 31.2 Å². The van der Waals surface area contributed by atoms with Crippen molar-refractivity contribution in [2.24, 2.45) is 10.7 Å². The fourth-order valence-electron chi connectivity index (χ4n) is 4.79. The first-order chi connectivity index (χ1) is 22.3.